The lowest BCUT2D eigenvalue weighted by Crippen LogP contribution is -2.30. The van der Waals surface area contributed by atoms with E-state index in [0.29, 0.717) is 12.2 Å². The van der Waals surface area contributed by atoms with Gasteiger partial charge in [0.2, 0.25) is 5.91 Å². The van der Waals surface area contributed by atoms with Gasteiger partial charge in [-0.1, -0.05) is 12.1 Å². The monoisotopic (exact) mass is 288 g/mol. The molecule has 0 spiro atoms. The number of carbonyl (C=O) groups excluding carboxylic acids is 1. The third-order valence-electron chi connectivity index (χ3n) is 3.67. The van der Waals surface area contributed by atoms with Gasteiger partial charge in [0.15, 0.2) is 11.6 Å². The number of halogens is 2. The van der Waals surface area contributed by atoms with Gasteiger partial charge >= 0.3 is 0 Å². The van der Waals surface area contributed by atoms with Crippen LogP contribution < -0.4 is 10.6 Å². The Morgan fingerprint density at radius 1 is 1.24 bits per heavy atom. The fourth-order valence-electron chi connectivity index (χ4n) is 2.62. The maximum atomic E-state index is 13.6. The molecule has 2 aromatic rings. The van der Waals surface area contributed by atoms with E-state index in [2.05, 4.69) is 0 Å². The van der Waals surface area contributed by atoms with Gasteiger partial charge in [0.05, 0.1) is 6.42 Å². The molecule has 0 aromatic heterocycles. The van der Waals surface area contributed by atoms with E-state index in [9.17, 15) is 13.6 Å². The van der Waals surface area contributed by atoms with Crippen molar-refractivity contribution >= 4 is 17.3 Å². The normalized spacial score (nSPS) is 13.3. The summed E-state index contributed by atoms with van der Waals surface area (Å²) in [4.78, 5) is 13.9. The van der Waals surface area contributed by atoms with Gasteiger partial charge in [0.25, 0.3) is 0 Å². The first-order chi connectivity index (χ1) is 10.1. The highest BCUT2D eigenvalue weighted by atomic mass is 19.2. The summed E-state index contributed by atoms with van der Waals surface area (Å²) in [5.74, 6) is -2.14. The first-order valence-corrected chi connectivity index (χ1v) is 6.68. The van der Waals surface area contributed by atoms with Gasteiger partial charge in [-0.15, -0.1) is 0 Å². The Kier molecular flexibility index (Phi) is 3.33. The molecule has 21 heavy (non-hydrogen) atoms. The Labute approximate surface area is 121 Å². The van der Waals surface area contributed by atoms with E-state index in [1.807, 2.05) is 6.07 Å². The number of fused-ring (bicyclic) bond motifs is 1. The Bertz CT molecular complexity index is 715. The highest BCUT2D eigenvalue weighted by Gasteiger charge is 2.25. The molecule has 1 aliphatic heterocycles. The van der Waals surface area contributed by atoms with Crippen molar-refractivity contribution in [2.45, 2.75) is 12.8 Å². The fraction of sp³-hybridized carbons (Fsp3) is 0.188. The molecule has 1 amide bonds. The standard InChI is InChI=1S/C16H14F2N2O/c17-13-3-1-2-11(16(13)18)9-15(21)20-7-6-10-8-12(19)4-5-14(10)20/h1-5,8H,6-7,9,19H2. The Morgan fingerprint density at radius 2 is 2.05 bits per heavy atom. The second-order valence-electron chi connectivity index (χ2n) is 5.07. The number of hydrogen-bond acceptors (Lipinski definition) is 2. The largest absolute Gasteiger partial charge is 0.399 e. The van der Waals surface area contributed by atoms with Crippen molar-refractivity contribution in [3.63, 3.8) is 0 Å². The van der Waals surface area contributed by atoms with E-state index in [0.717, 1.165) is 23.7 Å². The number of benzene rings is 2. The summed E-state index contributed by atoms with van der Waals surface area (Å²) >= 11 is 0. The molecule has 0 fully saturated rings. The molecule has 2 N–H and O–H groups in total. The minimum absolute atomic E-state index is 0.0731. The molecule has 108 valence electrons. The molecule has 2 aromatic carbocycles. The number of nitrogens with two attached hydrogens (primary N) is 1. The van der Waals surface area contributed by atoms with Crippen LogP contribution in [0.4, 0.5) is 20.2 Å². The SMILES string of the molecule is Nc1ccc2c(c1)CCN2C(=O)Cc1cccc(F)c1F. The molecule has 1 aliphatic rings. The second kappa shape index (κ2) is 5.16. The summed E-state index contributed by atoms with van der Waals surface area (Å²) in [6.45, 7) is 0.536. The molecule has 3 rings (SSSR count). The lowest BCUT2D eigenvalue weighted by Gasteiger charge is -2.17. The summed E-state index contributed by atoms with van der Waals surface area (Å²) in [7, 11) is 0. The van der Waals surface area contributed by atoms with Crippen molar-refractivity contribution in [2.75, 3.05) is 17.2 Å². The second-order valence-corrected chi connectivity index (χ2v) is 5.07. The molecule has 1 heterocycles. The molecule has 0 unspecified atom stereocenters. The predicted molar refractivity (Wildman–Crippen MR) is 77.0 cm³/mol. The number of hydrogen-bond donors (Lipinski definition) is 1. The van der Waals surface area contributed by atoms with Crippen LogP contribution in [-0.2, 0) is 17.6 Å². The zero-order valence-corrected chi connectivity index (χ0v) is 11.3. The van der Waals surface area contributed by atoms with Crippen molar-refractivity contribution in [1.29, 1.82) is 0 Å². The van der Waals surface area contributed by atoms with Crippen LogP contribution in [0.15, 0.2) is 36.4 Å². The molecular weight excluding hydrogens is 274 g/mol. The van der Waals surface area contributed by atoms with Crippen LogP contribution in [-0.4, -0.2) is 12.5 Å². The Morgan fingerprint density at radius 3 is 2.86 bits per heavy atom. The lowest BCUT2D eigenvalue weighted by molar-refractivity contribution is -0.117. The smallest absolute Gasteiger partial charge is 0.231 e. The zero-order valence-electron chi connectivity index (χ0n) is 11.3. The Hall–Kier alpha value is -2.43. The third kappa shape index (κ3) is 2.46. The summed E-state index contributed by atoms with van der Waals surface area (Å²) in [5.41, 5.74) is 8.24. The molecule has 0 saturated carbocycles. The van der Waals surface area contributed by atoms with Crippen LogP contribution in [0, 0.1) is 11.6 Å². The topological polar surface area (TPSA) is 46.3 Å². The van der Waals surface area contributed by atoms with Gasteiger partial charge in [-0.3, -0.25) is 4.79 Å². The highest BCUT2D eigenvalue weighted by molar-refractivity contribution is 5.97. The predicted octanol–water partition coefficient (Wildman–Crippen LogP) is 2.68. The zero-order chi connectivity index (χ0) is 15.0. The number of amides is 1. The quantitative estimate of drug-likeness (QED) is 0.864. The van der Waals surface area contributed by atoms with Crippen LogP contribution in [0.2, 0.25) is 0 Å². The minimum Gasteiger partial charge on any atom is -0.399 e. The van der Waals surface area contributed by atoms with E-state index in [1.54, 1.807) is 17.0 Å². The third-order valence-corrected chi connectivity index (χ3v) is 3.67. The molecule has 3 nitrogen and oxygen atoms in total. The first-order valence-electron chi connectivity index (χ1n) is 6.68. The number of rotatable bonds is 2. The molecule has 0 saturated heterocycles. The number of nitrogen functional groups attached to an aromatic ring is 1. The van der Waals surface area contributed by atoms with Crippen LogP contribution in [0.25, 0.3) is 0 Å². The summed E-state index contributed by atoms with van der Waals surface area (Å²) < 4.78 is 26.8. The van der Waals surface area contributed by atoms with E-state index in [4.69, 9.17) is 5.73 Å². The number of anilines is 2. The first kappa shape index (κ1) is 13.5. The molecule has 0 bridgehead atoms. The molecular formula is C16H14F2N2O. The van der Waals surface area contributed by atoms with Crippen molar-refractivity contribution in [3.8, 4) is 0 Å². The average Bonchev–Trinajstić information content (AvgIpc) is 2.86. The van der Waals surface area contributed by atoms with Gasteiger partial charge in [0, 0.05) is 23.5 Å². The highest BCUT2D eigenvalue weighted by Crippen LogP contribution is 2.30. The van der Waals surface area contributed by atoms with Crippen molar-refractivity contribution in [2.24, 2.45) is 0 Å². The molecule has 0 radical (unpaired) electrons. The summed E-state index contributed by atoms with van der Waals surface area (Å²) in [6, 6.07) is 9.23. The number of carbonyl (C=O) groups is 1. The average molecular weight is 288 g/mol. The van der Waals surface area contributed by atoms with E-state index < -0.39 is 11.6 Å². The van der Waals surface area contributed by atoms with Crippen LogP contribution >= 0.6 is 0 Å². The van der Waals surface area contributed by atoms with Crippen LogP contribution in [0.3, 0.4) is 0 Å². The van der Waals surface area contributed by atoms with Gasteiger partial charge in [-0.2, -0.15) is 0 Å². The summed E-state index contributed by atoms with van der Waals surface area (Å²) in [5, 5.41) is 0. The maximum absolute atomic E-state index is 13.6. The fourth-order valence-corrected chi connectivity index (χ4v) is 2.62. The van der Waals surface area contributed by atoms with E-state index in [1.165, 1.54) is 12.1 Å². The van der Waals surface area contributed by atoms with Crippen LogP contribution in [0.1, 0.15) is 11.1 Å². The van der Waals surface area contributed by atoms with Gasteiger partial charge in [-0.05, 0) is 36.2 Å². The van der Waals surface area contributed by atoms with Gasteiger partial charge < -0.3 is 10.6 Å². The molecule has 0 atom stereocenters. The van der Waals surface area contributed by atoms with Gasteiger partial charge in [0.1, 0.15) is 0 Å². The van der Waals surface area contributed by atoms with Gasteiger partial charge in [-0.25, -0.2) is 8.78 Å². The molecule has 0 aliphatic carbocycles. The van der Waals surface area contributed by atoms with Crippen molar-refractivity contribution < 1.29 is 13.6 Å². The van der Waals surface area contributed by atoms with Crippen molar-refractivity contribution in [3.05, 3.63) is 59.2 Å². The Balaban J connectivity index is 1.83. The van der Waals surface area contributed by atoms with Crippen molar-refractivity contribution in [1.82, 2.24) is 0 Å². The summed E-state index contributed by atoms with van der Waals surface area (Å²) in [6.07, 6.45) is 0.561. The van der Waals surface area contributed by atoms with Crippen LogP contribution in [0.5, 0.6) is 0 Å². The lowest BCUT2D eigenvalue weighted by atomic mass is 10.1. The number of nitrogens with zero attached hydrogens (tertiary/aromatic N) is 1. The van der Waals surface area contributed by atoms with E-state index >= 15 is 0 Å². The minimum atomic E-state index is -0.956. The maximum Gasteiger partial charge on any atom is 0.231 e. The molecule has 5 heteroatoms. The van der Waals surface area contributed by atoms with E-state index in [-0.39, 0.29) is 17.9 Å².